The van der Waals surface area contributed by atoms with Crippen molar-refractivity contribution in [3.8, 4) is 0 Å². The molecule has 0 aromatic heterocycles. The van der Waals surface area contributed by atoms with Crippen LogP contribution in [0.3, 0.4) is 0 Å². The van der Waals surface area contributed by atoms with Crippen molar-refractivity contribution in [2.45, 2.75) is 47.1 Å². The van der Waals surface area contributed by atoms with E-state index in [1.54, 1.807) is 27.7 Å². The third-order valence-electron chi connectivity index (χ3n) is 2.33. The summed E-state index contributed by atoms with van der Waals surface area (Å²) in [7, 11) is 0. The van der Waals surface area contributed by atoms with Crippen molar-refractivity contribution in [1.29, 1.82) is 0 Å². The van der Waals surface area contributed by atoms with Crippen LogP contribution >= 0.6 is 0 Å². The van der Waals surface area contributed by atoms with Crippen LogP contribution in [0, 0.1) is 5.41 Å². The van der Waals surface area contributed by atoms with Gasteiger partial charge in [0.25, 0.3) is 0 Å². The fourth-order valence-corrected chi connectivity index (χ4v) is 1.28. The second-order valence-corrected chi connectivity index (χ2v) is 4.90. The molecule has 0 radical (unpaired) electrons. The molecule has 1 heterocycles. The van der Waals surface area contributed by atoms with Gasteiger partial charge in [-0.3, -0.25) is 9.59 Å². The van der Waals surface area contributed by atoms with Gasteiger partial charge in [0.05, 0.1) is 5.41 Å². The molecular formula is C12H18O4. The lowest BCUT2D eigenvalue weighted by molar-refractivity contribution is -0.150. The Kier molecular flexibility index (Phi) is 3.41. The lowest BCUT2D eigenvalue weighted by atomic mass is 9.97. The molecule has 0 aromatic rings. The predicted molar refractivity (Wildman–Crippen MR) is 58.4 cm³/mol. The van der Waals surface area contributed by atoms with Crippen LogP contribution in [-0.2, 0) is 19.1 Å². The highest BCUT2D eigenvalue weighted by molar-refractivity contribution is 6.01. The molecule has 90 valence electrons. The highest BCUT2D eigenvalue weighted by Gasteiger charge is 2.36. The molecule has 1 atom stereocenters. The second-order valence-electron chi connectivity index (χ2n) is 4.90. The molecule has 0 aliphatic carbocycles. The van der Waals surface area contributed by atoms with Crippen LogP contribution in [0.1, 0.15) is 41.0 Å². The van der Waals surface area contributed by atoms with Crippen LogP contribution in [0.2, 0.25) is 0 Å². The van der Waals surface area contributed by atoms with Crippen molar-refractivity contribution >= 4 is 11.8 Å². The minimum absolute atomic E-state index is 0.0618. The summed E-state index contributed by atoms with van der Waals surface area (Å²) in [5.41, 5.74) is -0.627. The van der Waals surface area contributed by atoms with E-state index in [1.165, 1.54) is 0 Å². The zero-order chi connectivity index (χ0) is 12.5. The van der Waals surface area contributed by atoms with Crippen molar-refractivity contribution in [1.82, 2.24) is 0 Å². The number of ketones is 1. The number of rotatable bonds is 2. The van der Waals surface area contributed by atoms with Crippen LogP contribution in [-0.4, -0.2) is 17.9 Å². The van der Waals surface area contributed by atoms with Crippen molar-refractivity contribution in [3.05, 3.63) is 11.5 Å². The molecule has 0 spiro atoms. The fourth-order valence-electron chi connectivity index (χ4n) is 1.28. The number of carbonyl (C=O) groups is 2. The van der Waals surface area contributed by atoms with E-state index in [1.807, 2.05) is 6.92 Å². The van der Waals surface area contributed by atoms with E-state index in [9.17, 15) is 9.59 Å². The summed E-state index contributed by atoms with van der Waals surface area (Å²) in [6, 6.07) is 0. The Morgan fingerprint density at radius 1 is 1.44 bits per heavy atom. The monoisotopic (exact) mass is 226 g/mol. The number of carbonyl (C=O) groups excluding carboxylic acids is 2. The number of esters is 1. The highest BCUT2D eigenvalue weighted by atomic mass is 16.6. The van der Waals surface area contributed by atoms with Gasteiger partial charge < -0.3 is 9.47 Å². The van der Waals surface area contributed by atoms with Gasteiger partial charge in [-0.15, -0.1) is 0 Å². The van der Waals surface area contributed by atoms with E-state index in [0.717, 1.165) is 0 Å². The SMILES string of the molecule is CCC1OC(C)=C(OC(=O)C(C)(C)C)C1=O. The molecule has 4 heteroatoms. The summed E-state index contributed by atoms with van der Waals surface area (Å²) in [4.78, 5) is 23.4. The number of hydrogen-bond acceptors (Lipinski definition) is 4. The first-order chi connectivity index (χ1) is 7.27. The minimum Gasteiger partial charge on any atom is -0.483 e. The van der Waals surface area contributed by atoms with Crippen molar-refractivity contribution in [2.24, 2.45) is 5.41 Å². The number of hydrogen-bond donors (Lipinski definition) is 0. The average molecular weight is 226 g/mol. The summed E-state index contributed by atoms with van der Waals surface area (Å²) in [6.45, 7) is 8.71. The van der Waals surface area contributed by atoms with E-state index in [4.69, 9.17) is 9.47 Å². The number of allylic oxidation sites excluding steroid dienone is 1. The van der Waals surface area contributed by atoms with Gasteiger partial charge in [-0.2, -0.15) is 0 Å². The van der Waals surface area contributed by atoms with Gasteiger partial charge >= 0.3 is 5.97 Å². The van der Waals surface area contributed by atoms with Gasteiger partial charge in [-0.1, -0.05) is 6.92 Å². The Hall–Kier alpha value is -1.32. The van der Waals surface area contributed by atoms with Gasteiger partial charge in [-0.05, 0) is 34.1 Å². The minimum atomic E-state index is -0.627. The molecule has 0 aromatic carbocycles. The third-order valence-corrected chi connectivity index (χ3v) is 2.33. The molecule has 0 N–H and O–H groups in total. The second kappa shape index (κ2) is 4.28. The first-order valence-electron chi connectivity index (χ1n) is 5.41. The molecule has 0 bridgehead atoms. The van der Waals surface area contributed by atoms with Crippen molar-refractivity contribution in [3.63, 3.8) is 0 Å². The summed E-state index contributed by atoms with van der Waals surface area (Å²) in [5.74, 6) is -0.200. The maximum Gasteiger partial charge on any atom is 0.316 e. The van der Waals surface area contributed by atoms with Crippen LogP contribution in [0.4, 0.5) is 0 Å². The fraction of sp³-hybridized carbons (Fsp3) is 0.667. The molecule has 16 heavy (non-hydrogen) atoms. The first-order valence-corrected chi connectivity index (χ1v) is 5.41. The largest absolute Gasteiger partial charge is 0.483 e. The van der Waals surface area contributed by atoms with Crippen LogP contribution < -0.4 is 0 Å². The molecule has 1 aliphatic heterocycles. The molecule has 1 aliphatic rings. The first kappa shape index (κ1) is 12.7. The van der Waals surface area contributed by atoms with Gasteiger partial charge in [0.2, 0.25) is 11.5 Å². The molecular weight excluding hydrogens is 208 g/mol. The highest BCUT2D eigenvalue weighted by Crippen LogP contribution is 2.27. The summed E-state index contributed by atoms with van der Waals surface area (Å²) < 4.78 is 10.4. The third kappa shape index (κ3) is 2.43. The van der Waals surface area contributed by atoms with Gasteiger partial charge in [0.15, 0.2) is 6.10 Å². The van der Waals surface area contributed by atoms with Gasteiger partial charge in [0, 0.05) is 0 Å². The van der Waals surface area contributed by atoms with Crippen LogP contribution in [0.5, 0.6) is 0 Å². The normalized spacial score (nSPS) is 21.1. The molecule has 1 rings (SSSR count). The van der Waals surface area contributed by atoms with E-state index >= 15 is 0 Å². The molecule has 0 fully saturated rings. The molecule has 1 unspecified atom stereocenters. The molecule has 0 amide bonds. The maximum absolute atomic E-state index is 11.7. The Morgan fingerprint density at radius 2 is 2.00 bits per heavy atom. The zero-order valence-corrected chi connectivity index (χ0v) is 10.4. The van der Waals surface area contributed by atoms with Crippen LogP contribution in [0.25, 0.3) is 0 Å². The number of ether oxygens (including phenoxy) is 2. The Bertz CT molecular complexity index is 347. The summed E-state index contributed by atoms with van der Waals surface area (Å²) >= 11 is 0. The molecule has 4 nitrogen and oxygen atoms in total. The standard InChI is InChI=1S/C12H18O4/c1-6-8-9(13)10(7(2)15-8)16-11(14)12(3,4)5/h8H,6H2,1-5H3. The zero-order valence-electron chi connectivity index (χ0n) is 10.4. The smallest absolute Gasteiger partial charge is 0.316 e. The van der Waals surface area contributed by atoms with E-state index < -0.39 is 17.5 Å². The lowest BCUT2D eigenvalue weighted by Crippen LogP contribution is -2.26. The van der Waals surface area contributed by atoms with E-state index in [0.29, 0.717) is 12.2 Å². The van der Waals surface area contributed by atoms with Crippen molar-refractivity contribution < 1.29 is 19.1 Å². The van der Waals surface area contributed by atoms with Gasteiger partial charge in [-0.25, -0.2) is 0 Å². The Labute approximate surface area is 95.6 Å². The van der Waals surface area contributed by atoms with Gasteiger partial charge in [0.1, 0.15) is 5.76 Å². The number of Topliss-reactive ketones (excluding diaryl/α,β-unsaturated/α-hetero) is 1. The van der Waals surface area contributed by atoms with E-state index in [-0.39, 0.29) is 11.5 Å². The van der Waals surface area contributed by atoms with E-state index in [2.05, 4.69) is 0 Å². The maximum atomic E-state index is 11.7. The molecule has 0 saturated carbocycles. The Morgan fingerprint density at radius 3 is 2.38 bits per heavy atom. The summed E-state index contributed by atoms with van der Waals surface area (Å²) in [6.07, 6.45) is 0.0787. The topological polar surface area (TPSA) is 52.6 Å². The molecule has 0 saturated heterocycles. The lowest BCUT2D eigenvalue weighted by Gasteiger charge is -2.16. The average Bonchev–Trinajstić information content (AvgIpc) is 2.43. The van der Waals surface area contributed by atoms with Crippen molar-refractivity contribution in [2.75, 3.05) is 0 Å². The summed E-state index contributed by atoms with van der Waals surface area (Å²) in [5, 5.41) is 0. The van der Waals surface area contributed by atoms with Crippen LogP contribution in [0.15, 0.2) is 11.5 Å². The quantitative estimate of drug-likeness (QED) is 0.677. The predicted octanol–water partition coefficient (Wildman–Crippen LogP) is 2.19. The Balaban J connectivity index is 2.79.